The van der Waals surface area contributed by atoms with E-state index in [0.717, 1.165) is 5.56 Å². The first kappa shape index (κ1) is 14.4. The van der Waals surface area contributed by atoms with E-state index >= 15 is 0 Å². The monoisotopic (exact) mass is 295 g/mol. The summed E-state index contributed by atoms with van der Waals surface area (Å²) < 4.78 is 5.46. The first-order valence-corrected chi connectivity index (χ1v) is 6.49. The van der Waals surface area contributed by atoms with Crippen molar-refractivity contribution in [3.05, 3.63) is 34.4 Å². The number of fused-ring (bicyclic) bond motifs is 1. The van der Waals surface area contributed by atoms with Gasteiger partial charge in [0.2, 0.25) is 0 Å². The number of aliphatic carboxylic acids is 1. The van der Waals surface area contributed by atoms with Gasteiger partial charge in [0.1, 0.15) is 12.4 Å². The van der Waals surface area contributed by atoms with Crippen molar-refractivity contribution >= 4 is 29.6 Å². The van der Waals surface area contributed by atoms with Crippen LogP contribution in [-0.2, 0) is 9.59 Å². The third-order valence-corrected chi connectivity index (χ3v) is 3.20. The van der Waals surface area contributed by atoms with Crippen molar-refractivity contribution in [1.82, 2.24) is 5.32 Å². The highest BCUT2D eigenvalue weighted by Gasteiger charge is 2.19. The van der Waals surface area contributed by atoms with Crippen LogP contribution in [0.3, 0.4) is 0 Å². The zero-order valence-corrected chi connectivity index (χ0v) is 11.6. The van der Waals surface area contributed by atoms with Gasteiger partial charge in [-0.1, -0.05) is 18.5 Å². The standard InChI is InChI=1S/C14H14ClNO4/c1-8(14(18)19)6-16-13(17)10-4-9-5-11(15)2-3-12(9)20-7-10/h2-5,8H,6-7H2,1H3,(H,16,17)(H,18,19). The lowest BCUT2D eigenvalue weighted by Crippen LogP contribution is -2.34. The lowest BCUT2D eigenvalue weighted by Gasteiger charge is -2.18. The number of amides is 1. The van der Waals surface area contributed by atoms with Crippen LogP contribution in [0.1, 0.15) is 12.5 Å². The molecule has 1 unspecified atom stereocenters. The maximum absolute atomic E-state index is 11.9. The van der Waals surface area contributed by atoms with E-state index in [4.69, 9.17) is 21.4 Å². The van der Waals surface area contributed by atoms with Crippen LogP contribution in [0.4, 0.5) is 0 Å². The number of hydrogen-bond donors (Lipinski definition) is 2. The molecule has 2 N–H and O–H groups in total. The van der Waals surface area contributed by atoms with Crippen LogP contribution < -0.4 is 10.1 Å². The summed E-state index contributed by atoms with van der Waals surface area (Å²) in [5.74, 6) is -1.24. The summed E-state index contributed by atoms with van der Waals surface area (Å²) in [4.78, 5) is 22.6. The molecule has 1 heterocycles. The van der Waals surface area contributed by atoms with E-state index in [1.165, 1.54) is 6.92 Å². The SMILES string of the molecule is CC(CNC(=O)C1=Cc2cc(Cl)ccc2OC1)C(=O)O. The molecule has 1 aromatic carbocycles. The first-order chi connectivity index (χ1) is 9.47. The Balaban J connectivity index is 2.06. The van der Waals surface area contributed by atoms with Gasteiger partial charge in [-0.25, -0.2) is 0 Å². The number of halogens is 1. The molecule has 1 aliphatic heterocycles. The Morgan fingerprint density at radius 1 is 1.50 bits per heavy atom. The van der Waals surface area contributed by atoms with E-state index in [1.807, 2.05) is 0 Å². The van der Waals surface area contributed by atoms with Crippen LogP contribution in [-0.4, -0.2) is 30.1 Å². The van der Waals surface area contributed by atoms with Crippen LogP contribution in [0, 0.1) is 5.92 Å². The van der Waals surface area contributed by atoms with Crippen LogP contribution in [0.2, 0.25) is 5.02 Å². The number of carbonyl (C=O) groups excluding carboxylic acids is 1. The van der Waals surface area contributed by atoms with Crippen LogP contribution >= 0.6 is 11.6 Å². The Labute approximate surface area is 121 Å². The van der Waals surface area contributed by atoms with Crippen LogP contribution in [0.25, 0.3) is 6.08 Å². The number of carboxylic acids is 1. The molecule has 1 atom stereocenters. The number of hydrogen-bond acceptors (Lipinski definition) is 3. The Morgan fingerprint density at radius 3 is 2.95 bits per heavy atom. The van der Waals surface area contributed by atoms with E-state index in [9.17, 15) is 9.59 Å². The highest BCUT2D eigenvalue weighted by Crippen LogP contribution is 2.28. The Bertz CT molecular complexity index is 583. The van der Waals surface area contributed by atoms with Crippen molar-refractivity contribution in [2.45, 2.75) is 6.92 Å². The van der Waals surface area contributed by atoms with Gasteiger partial charge in [-0.3, -0.25) is 9.59 Å². The van der Waals surface area contributed by atoms with Gasteiger partial charge in [-0.05, 0) is 24.3 Å². The lowest BCUT2D eigenvalue weighted by atomic mass is 10.1. The summed E-state index contributed by atoms with van der Waals surface area (Å²) >= 11 is 5.89. The fraction of sp³-hybridized carbons (Fsp3) is 0.286. The third-order valence-electron chi connectivity index (χ3n) is 2.97. The van der Waals surface area contributed by atoms with E-state index in [0.29, 0.717) is 16.3 Å². The average molecular weight is 296 g/mol. The predicted molar refractivity (Wildman–Crippen MR) is 74.7 cm³/mol. The molecule has 0 fully saturated rings. The molecule has 0 aliphatic carbocycles. The molecule has 0 radical (unpaired) electrons. The minimum atomic E-state index is -0.948. The molecule has 0 saturated carbocycles. The lowest BCUT2D eigenvalue weighted by molar-refractivity contribution is -0.141. The Kier molecular flexibility index (Phi) is 4.29. The van der Waals surface area contributed by atoms with E-state index < -0.39 is 11.9 Å². The quantitative estimate of drug-likeness (QED) is 0.890. The molecule has 5 nitrogen and oxygen atoms in total. The normalized spacial score (nSPS) is 14.6. The predicted octanol–water partition coefficient (Wildman–Crippen LogP) is 1.95. The summed E-state index contributed by atoms with van der Waals surface area (Å²) in [5, 5.41) is 11.9. The third kappa shape index (κ3) is 3.30. The van der Waals surface area contributed by atoms with Gasteiger partial charge < -0.3 is 15.2 Å². The molecule has 1 amide bonds. The number of benzene rings is 1. The molecule has 2 rings (SSSR count). The number of rotatable bonds is 4. The van der Waals surface area contributed by atoms with Gasteiger partial charge in [-0.15, -0.1) is 0 Å². The summed E-state index contributed by atoms with van der Waals surface area (Å²) in [6.45, 7) is 1.76. The molecule has 0 saturated heterocycles. The van der Waals surface area contributed by atoms with Crippen molar-refractivity contribution in [3.8, 4) is 5.75 Å². The van der Waals surface area contributed by atoms with E-state index in [-0.39, 0.29) is 19.1 Å². The zero-order chi connectivity index (χ0) is 14.7. The molecule has 6 heteroatoms. The second-order valence-corrected chi connectivity index (χ2v) is 5.03. The Morgan fingerprint density at radius 2 is 2.25 bits per heavy atom. The summed E-state index contributed by atoms with van der Waals surface area (Å²) in [5.41, 5.74) is 1.18. The number of ether oxygens (including phenoxy) is 1. The van der Waals surface area contributed by atoms with Gasteiger partial charge in [-0.2, -0.15) is 0 Å². The summed E-state index contributed by atoms with van der Waals surface area (Å²) in [6.07, 6.45) is 1.70. The molecule has 0 aromatic heterocycles. The van der Waals surface area contributed by atoms with Crippen molar-refractivity contribution in [2.75, 3.05) is 13.2 Å². The first-order valence-electron chi connectivity index (χ1n) is 6.11. The highest BCUT2D eigenvalue weighted by molar-refractivity contribution is 6.30. The second-order valence-electron chi connectivity index (χ2n) is 4.59. The smallest absolute Gasteiger partial charge is 0.308 e. The molecular weight excluding hydrogens is 282 g/mol. The minimum absolute atomic E-state index is 0.0773. The average Bonchev–Trinajstić information content (AvgIpc) is 2.43. The zero-order valence-electron chi connectivity index (χ0n) is 10.9. The van der Waals surface area contributed by atoms with Crippen molar-refractivity contribution in [2.24, 2.45) is 5.92 Å². The molecule has 0 bridgehead atoms. The molecule has 1 aliphatic rings. The number of carbonyl (C=O) groups is 2. The molecular formula is C14H14ClNO4. The molecule has 0 spiro atoms. The van der Waals surface area contributed by atoms with E-state index in [2.05, 4.69) is 5.32 Å². The van der Waals surface area contributed by atoms with Gasteiger partial charge in [0.25, 0.3) is 5.91 Å². The number of carboxylic acid groups (broad SMARTS) is 1. The maximum atomic E-state index is 11.9. The molecule has 106 valence electrons. The molecule has 20 heavy (non-hydrogen) atoms. The fourth-order valence-corrected chi connectivity index (χ4v) is 1.91. The van der Waals surface area contributed by atoms with Crippen molar-refractivity contribution in [3.63, 3.8) is 0 Å². The van der Waals surface area contributed by atoms with Gasteiger partial charge in [0.05, 0.1) is 11.5 Å². The van der Waals surface area contributed by atoms with Gasteiger partial charge in [0.15, 0.2) is 0 Å². The minimum Gasteiger partial charge on any atom is -0.488 e. The maximum Gasteiger partial charge on any atom is 0.308 e. The summed E-state index contributed by atoms with van der Waals surface area (Å²) in [7, 11) is 0. The van der Waals surface area contributed by atoms with Crippen molar-refractivity contribution < 1.29 is 19.4 Å². The van der Waals surface area contributed by atoms with Gasteiger partial charge in [0, 0.05) is 17.1 Å². The highest BCUT2D eigenvalue weighted by atomic mass is 35.5. The van der Waals surface area contributed by atoms with Gasteiger partial charge >= 0.3 is 5.97 Å². The summed E-state index contributed by atoms with van der Waals surface area (Å²) in [6, 6.07) is 5.17. The van der Waals surface area contributed by atoms with Crippen LogP contribution in [0.5, 0.6) is 5.75 Å². The topological polar surface area (TPSA) is 75.6 Å². The molecule has 1 aromatic rings. The van der Waals surface area contributed by atoms with E-state index in [1.54, 1.807) is 24.3 Å². The Hall–Kier alpha value is -2.01. The fourth-order valence-electron chi connectivity index (χ4n) is 1.73. The second kappa shape index (κ2) is 5.96. The van der Waals surface area contributed by atoms with Crippen LogP contribution in [0.15, 0.2) is 23.8 Å². The number of nitrogens with one attached hydrogen (secondary N) is 1. The van der Waals surface area contributed by atoms with Crippen molar-refractivity contribution in [1.29, 1.82) is 0 Å². The largest absolute Gasteiger partial charge is 0.488 e.